The van der Waals surface area contributed by atoms with E-state index in [9.17, 15) is 4.79 Å². The van der Waals surface area contributed by atoms with Crippen molar-refractivity contribution in [2.45, 2.75) is 32.9 Å². The number of nitrogens with zero attached hydrogens (tertiary/aromatic N) is 5. The molecule has 0 saturated heterocycles. The van der Waals surface area contributed by atoms with Gasteiger partial charge in [0.05, 0.1) is 0 Å². The van der Waals surface area contributed by atoms with E-state index < -0.39 is 6.09 Å². The minimum Gasteiger partial charge on any atom is -0.443 e. The second kappa shape index (κ2) is 5.83. The number of alkyl carbamates (subject to hydrolysis) is 1. The SMILES string of the molecule is CC(C)(C)NC(=O)OCc1nccnc1N=[N+]=[N-]. The Balaban J connectivity index is 2.64. The lowest BCUT2D eigenvalue weighted by Gasteiger charge is -2.19. The average molecular weight is 250 g/mol. The molecule has 0 radical (unpaired) electrons. The molecule has 0 bridgehead atoms. The zero-order valence-corrected chi connectivity index (χ0v) is 10.4. The van der Waals surface area contributed by atoms with Gasteiger partial charge in [-0.2, -0.15) is 0 Å². The molecule has 0 atom stereocenters. The van der Waals surface area contributed by atoms with Crippen LogP contribution in [0.1, 0.15) is 26.5 Å². The van der Waals surface area contributed by atoms with E-state index in [0.717, 1.165) is 0 Å². The van der Waals surface area contributed by atoms with Crippen molar-refractivity contribution >= 4 is 11.9 Å². The summed E-state index contributed by atoms with van der Waals surface area (Å²) in [7, 11) is 0. The van der Waals surface area contributed by atoms with Crippen molar-refractivity contribution in [3.8, 4) is 0 Å². The van der Waals surface area contributed by atoms with E-state index in [2.05, 4.69) is 25.3 Å². The van der Waals surface area contributed by atoms with E-state index >= 15 is 0 Å². The largest absolute Gasteiger partial charge is 0.443 e. The Hall–Kier alpha value is -2.34. The molecule has 8 nitrogen and oxygen atoms in total. The van der Waals surface area contributed by atoms with Crippen molar-refractivity contribution in [2.75, 3.05) is 0 Å². The summed E-state index contributed by atoms with van der Waals surface area (Å²) in [5.41, 5.74) is 8.27. The van der Waals surface area contributed by atoms with Gasteiger partial charge in [0.1, 0.15) is 12.3 Å². The Bertz CT molecular complexity index is 476. The predicted molar refractivity (Wildman–Crippen MR) is 63.9 cm³/mol. The molecule has 0 spiro atoms. The first-order valence-corrected chi connectivity index (χ1v) is 5.22. The molecule has 0 aliphatic rings. The van der Waals surface area contributed by atoms with E-state index in [-0.39, 0.29) is 18.0 Å². The molecule has 0 unspecified atom stereocenters. The van der Waals surface area contributed by atoms with Crippen molar-refractivity contribution < 1.29 is 9.53 Å². The van der Waals surface area contributed by atoms with Gasteiger partial charge in [0.25, 0.3) is 0 Å². The van der Waals surface area contributed by atoms with Crippen LogP contribution in [0.15, 0.2) is 17.5 Å². The number of carbonyl (C=O) groups excluding carboxylic acids is 1. The minimum absolute atomic E-state index is 0.101. The Labute approximate surface area is 104 Å². The van der Waals surface area contributed by atoms with E-state index in [1.807, 2.05) is 20.8 Å². The summed E-state index contributed by atoms with van der Waals surface area (Å²) in [5, 5.41) is 5.98. The number of nitrogens with one attached hydrogen (secondary N) is 1. The van der Waals surface area contributed by atoms with E-state index in [0.29, 0.717) is 5.69 Å². The third-order valence-corrected chi connectivity index (χ3v) is 1.71. The van der Waals surface area contributed by atoms with Gasteiger partial charge in [-0.15, -0.1) is 0 Å². The molecule has 1 aromatic rings. The highest BCUT2D eigenvalue weighted by Gasteiger charge is 2.15. The fraction of sp³-hybridized carbons (Fsp3) is 0.500. The van der Waals surface area contributed by atoms with Crippen LogP contribution in [-0.4, -0.2) is 21.6 Å². The molecular weight excluding hydrogens is 236 g/mol. The predicted octanol–water partition coefficient (Wildman–Crippen LogP) is 2.44. The van der Waals surface area contributed by atoms with Crippen LogP contribution in [-0.2, 0) is 11.3 Å². The first-order chi connectivity index (χ1) is 8.42. The van der Waals surface area contributed by atoms with Gasteiger partial charge in [-0.05, 0) is 31.4 Å². The first-order valence-electron chi connectivity index (χ1n) is 5.22. The number of hydrogen-bond donors (Lipinski definition) is 1. The Morgan fingerprint density at radius 2 is 2.17 bits per heavy atom. The summed E-state index contributed by atoms with van der Waals surface area (Å²) in [6.45, 7) is 5.40. The summed E-state index contributed by atoms with van der Waals surface area (Å²) in [6, 6.07) is 0. The van der Waals surface area contributed by atoms with Crippen LogP contribution < -0.4 is 5.32 Å². The number of ether oxygens (including phenoxy) is 1. The number of aromatic nitrogens is 2. The highest BCUT2D eigenvalue weighted by Crippen LogP contribution is 2.13. The molecule has 96 valence electrons. The molecule has 1 aromatic heterocycles. The smallest absolute Gasteiger partial charge is 0.407 e. The summed E-state index contributed by atoms with van der Waals surface area (Å²) in [5.74, 6) is 0.101. The van der Waals surface area contributed by atoms with Crippen LogP contribution in [0.4, 0.5) is 10.6 Å². The normalized spacial score (nSPS) is 10.4. The summed E-state index contributed by atoms with van der Waals surface area (Å²) in [4.78, 5) is 21.8. The van der Waals surface area contributed by atoms with Crippen LogP contribution >= 0.6 is 0 Å². The molecule has 0 fully saturated rings. The lowest BCUT2D eigenvalue weighted by molar-refractivity contribution is 0.130. The fourth-order valence-corrected chi connectivity index (χ4v) is 1.06. The lowest BCUT2D eigenvalue weighted by atomic mass is 10.1. The van der Waals surface area contributed by atoms with Gasteiger partial charge in [0.2, 0.25) is 0 Å². The molecule has 0 aliphatic heterocycles. The van der Waals surface area contributed by atoms with Gasteiger partial charge in [0, 0.05) is 22.8 Å². The number of azide groups is 1. The molecule has 0 aliphatic carbocycles. The van der Waals surface area contributed by atoms with E-state index in [1.54, 1.807) is 0 Å². The van der Waals surface area contributed by atoms with Crippen molar-refractivity contribution in [1.82, 2.24) is 15.3 Å². The molecule has 0 saturated carbocycles. The number of hydrogen-bond acceptors (Lipinski definition) is 5. The minimum atomic E-state index is -0.569. The van der Waals surface area contributed by atoms with Gasteiger partial charge in [0.15, 0.2) is 5.82 Å². The highest BCUT2D eigenvalue weighted by atomic mass is 16.5. The molecule has 8 heteroatoms. The summed E-state index contributed by atoms with van der Waals surface area (Å²) < 4.78 is 4.96. The quantitative estimate of drug-likeness (QED) is 0.504. The number of amides is 1. The standard InChI is InChI=1S/C10H14N6O2/c1-10(2,3)14-9(17)18-6-7-8(15-16-11)13-5-4-12-7/h4-5H,6H2,1-3H3,(H,14,17). The second-order valence-corrected chi connectivity index (χ2v) is 4.47. The van der Waals surface area contributed by atoms with Gasteiger partial charge in [-0.3, -0.25) is 9.97 Å². The van der Waals surface area contributed by atoms with Crippen LogP contribution in [0, 0.1) is 0 Å². The zero-order valence-electron chi connectivity index (χ0n) is 10.4. The first kappa shape index (κ1) is 13.7. The van der Waals surface area contributed by atoms with Crippen molar-refractivity contribution in [3.63, 3.8) is 0 Å². The molecule has 1 rings (SSSR count). The van der Waals surface area contributed by atoms with Crippen LogP contribution in [0.3, 0.4) is 0 Å². The summed E-state index contributed by atoms with van der Waals surface area (Å²) in [6.07, 6.45) is 2.25. The number of carbonyl (C=O) groups is 1. The third kappa shape index (κ3) is 4.67. The summed E-state index contributed by atoms with van der Waals surface area (Å²) >= 11 is 0. The van der Waals surface area contributed by atoms with Gasteiger partial charge in [-0.1, -0.05) is 0 Å². The molecule has 1 heterocycles. The van der Waals surface area contributed by atoms with E-state index in [1.165, 1.54) is 12.4 Å². The maximum atomic E-state index is 11.4. The van der Waals surface area contributed by atoms with Crippen molar-refractivity contribution in [2.24, 2.45) is 5.11 Å². The number of rotatable bonds is 3. The van der Waals surface area contributed by atoms with Crippen LogP contribution in [0.2, 0.25) is 0 Å². The van der Waals surface area contributed by atoms with Gasteiger partial charge in [-0.25, -0.2) is 4.79 Å². The fourth-order valence-electron chi connectivity index (χ4n) is 1.06. The van der Waals surface area contributed by atoms with Crippen LogP contribution in [0.5, 0.6) is 0 Å². The second-order valence-electron chi connectivity index (χ2n) is 4.47. The average Bonchev–Trinajstić information content (AvgIpc) is 2.26. The highest BCUT2D eigenvalue weighted by molar-refractivity contribution is 5.68. The van der Waals surface area contributed by atoms with Crippen molar-refractivity contribution in [3.05, 3.63) is 28.5 Å². The molecule has 0 aromatic carbocycles. The zero-order chi connectivity index (χ0) is 13.6. The molecule has 1 amide bonds. The Morgan fingerprint density at radius 3 is 2.78 bits per heavy atom. The Kier molecular flexibility index (Phi) is 4.45. The molecule has 1 N–H and O–H groups in total. The van der Waals surface area contributed by atoms with Gasteiger partial charge < -0.3 is 10.1 Å². The molecular formula is C10H14N6O2. The van der Waals surface area contributed by atoms with E-state index in [4.69, 9.17) is 10.3 Å². The van der Waals surface area contributed by atoms with Crippen LogP contribution in [0.25, 0.3) is 10.4 Å². The lowest BCUT2D eigenvalue weighted by Crippen LogP contribution is -2.40. The monoisotopic (exact) mass is 250 g/mol. The van der Waals surface area contributed by atoms with Crippen molar-refractivity contribution in [1.29, 1.82) is 0 Å². The van der Waals surface area contributed by atoms with Gasteiger partial charge >= 0.3 is 6.09 Å². The maximum absolute atomic E-state index is 11.4. The topological polar surface area (TPSA) is 113 Å². The molecule has 18 heavy (non-hydrogen) atoms. The third-order valence-electron chi connectivity index (χ3n) is 1.71. The maximum Gasteiger partial charge on any atom is 0.407 e. The Morgan fingerprint density at radius 1 is 1.50 bits per heavy atom.